The monoisotopic (exact) mass is 828 g/mol. The minimum absolute atomic E-state index is 0.00584. The SMILES string of the molecule is Nc1cnc(-c2ccc(-c3ccccc3OCc3ccc(C(=O)Oc4cc(-c5cnc(N)nc5)c(F)cc4-c4ccccc4OCc4ccc(C(=O)O)cc4)cc3)cc2F)cn1. The first-order chi connectivity index (χ1) is 30.1. The summed E-state index contributed by atoms with van der Waals surface area (Å²) in [5, 5.41) is 9.26. The van der Waals surface area contributed by atoms with Crippen molar-refractivity contribution in [1.82, 2.24) is 19.9 Å². The summed E-state index contributed by atoms with van der Waals surface area (Å²) in [6.45, 7) is 0.202. The zero-order valence-electron chi connectivity index (χ0n) is 32.5. The molecule has 12 nitrogen and oxygen atoms in total. The summed E-state index contributed by atoms with van der Waals surface area (Å²) in [6, 6.07) is 34.4. The Morgan fingerprint density at radius 3 is 1.74 bits per heavy atom. The van der Waals surface area contributed by atoms with E-state index in [2.05, 4.69) is 19.9 Å². The van der Waals surface area contributed by atoms with Gasteiger partial charge in [-0.1, -0.05) is 66.7 Å². The minimum Gasteiger partial charge on any atom is -0.488 e. The summed E-state index contributed by atoms with van der Waals surface area (Å²) in [7, 11) is 0. The number of hydrogen-bond acceptors (Lipinski definition) is 11. The third kappa shape index (κ3) is 9.04. The van der Waals surface area contributed by atoms with Gasteiger partial charge in [-0.2, -0.15) is 0 Å². The zero-order valence-corrected chi connectivity index (χ0v) is 32.5. The number of carbonyl (C=O) groups is 2. The maximum atomic E-state index is 16.0. The first-order valence-electron chi connectivity index (χ1n) is 19.0. The summed E-state index contributed by atoms with van der Waals surface area (Å²) >= 11 is 0. The molecular formula is C48H34F2N6O6. The van der Waals surface area contributed by atoms with Gasteiger partial charge in [0, 0.05) is 45.8 Å². The molecule has 8 aromatic rings. The minimum atomic E-state index is -1.05. The second kappa shape index (κ2) is 17.8. The maximum Gasteiger partial charge on any atom is 0.343 e. The molecule has 2 aromatic heterocycles. The lowest BCUT2D eigenvalue weighted by Crippen LogP contribution is -2.10. The molecule has 0 saturated heterocycles. The molecule has 0 spiro atoms. The van der Waals surface area contributed by atoms with Crippen LogP contribution in [0.4, 0.5) is 20.5 Å². The number of carbonyl (C=O) groups excluding carboxylic acids is 1. The highest BCUT2D eigenvalue weighted by Crippen LogP contribution is 2.41. The number of anilines is 2. The number of ether oxygens (including phenoxy) is 3. The average molecular weight is 829 g/mol. The van der Waals surface area contributed by atoms with Crippen molar-refractivity contribution in [2.75, 3.05) is 11.5 Å². The number of aromatic nitrogens is 4. The topological polar surface area (TPSA) is 186 Å². The summed E-state index contributed by atoms with van der Waals surface area (Å²) in [6.07, 6.45) is 5.51. The van der Waals surface area contributed by atoms with Crippen LogP contribution in [0.3, 0.4) is 0 Å². The Balaban J connectivity index is 1.02. The van der Waals surface area contributed by atoms with Gasteiger partial charge in [0.25, 0.3) is 0 Å². The van der Waals surface area contributed by atoms with Gasteiger partial charge in [-0.05, 0) is 77.4 Å². The van der Waals surface area contributed by atoms with Crippen LogP contribution in [0.5, 0.6) is 17.2 Å². The van der Waals surface area contributed by atoms with Crippen LogP contribution in [-0.2, 0) is 13.2 Å². The molecule has 0 bridgehead atoms. The molecule has 0 aliphatic rings. The van der Waals surface area contributed by atoms with Crippen molar-refractivity contribution in [2.24, 2.45) is 0 Å². The van der Waals surface area contributed by atoms with Crippen molar-refractivity contribution in [3.8, 4) is 61.9 Å². The predicted octanol–water partition coefficient (Wildman–Crippen LogP) is 9.45. The van der Waals surface area contributed by atoms with Gasteiger partial charge in [0.15, 0.2) is 0 Å². The molecule has 0 fully saturated rings. The first-order valence-corrected chi connectivity index (χ1v) is 19.0. The van der Waals surface area contributed by atoms with Crippen LogP contribution in [0, 0.1) is 11.6 Å². The van der Waals surface area contributed by atoms with Gasteiger partial charge in [-0.25, -0.2) is 33.3 Å². The number of halogens is 2. The number of nitrogens with two attached hydrogens (primary N) is 2. The predicted molar refractivity (Wildman–Crippen MR) is 228 cm³/mol. The molecule has 0 aliphatic carbocycles. The van der Waals surface area contributed by atoms with E-state index in [9.17, 15) is 14.7 Å². The molecule has 0 atom stereocenters. The highest BCUT2D eigenvalue weighted by Gasteiger charge is 2.21. The van der Waals surface area contributed by atoms with Gasteiger partial charge in [-0.3, -0.25) is 4.98 Å². The van der Waals surface area contributed by atoms with Crippen molar-refractivity contribution >= 4 is 23.7 Å². The lowest BCUT2D eigenvalue weighted by atomic mass is 9.98. The van der Waals surface area contributed by atoms with E-state index < -0.39 is 23.6 Å². The summed E-state index contributed by atoms with van der Waals surface area (Å²) in [4.78, 5) is 41.3. The number of hydrogen-bond donors (Lipinski definition) is 3. The van der Waals surface area contributed by atoms with Gasteiger partial charge in [0.1, 0.15) is 47.9 Å². The summed E-state index contributed by atoms with van der Waals surface area (Å²) in [5.74, 6) is -1.76. The van der Waals surface area contributed by atoms with Gasteiger partial charge in [-0.15, -0.1) is 0 Å². The Labute approximate surface area is 353 Å². The number of para-hydroxylation sites is 2. The smallest absolute Gasteiger partial charge is 0.343 e. The highest BCUT2D eigenvalue weighted by atomic mass is 19.1. The van der Waals surface area contributed by atoms with Gasteiger partial charge < -0.3 is 30.8 Å². The lowest BCUT2D eigenvalue weighted by Gasteiger charge is -2.17. The van der Waals surface area contributed by atoms with E-state index in [-0.39, 0.29) is 58.5 Å². The third-order valence-corrected chi connectivity index (χ3v) is 9.73. The molecule has 0 aliphatic heterocycles. The number of esters is 1. The van der Waals surface area contributed by atoms with Crippen LogP contribution < -0.4 is 25.7 Å². The van der Waals surface area contributed by atoms with Gasteiger partial charge >= 0.3 is 11.9 Å². The fraction of sp³-hybridized carbons (Fsp3) is 0.0417. The molecule has 0 amide bonds. The molecule has 5 N–H and O–H groups in total. The quantitative estimate of drug-likeness (QED) is 0.0740. The molecule has 2 heterocycles. The van der Waals surface area contributed by atoms with Gasteiger partial charge in [0.05, 0.1) is 29.2 Å². The zero-order chi connectivity index (χ0) is 43.2. The fourth-order valence-corrected chi connectivity index (χ4v) is 6.52. The van der Waals surface area contributed by atoms with Crippen LogP contribution in [0.15, 0.2) is 152 Å². The Morgan fingerprint density at radius 2 is 1.13 bits per heavy atom. The average Bonchev–Trinajstić information content (AvgIpc) is 3.29. The van der Waals surface area contributed by atoms with Gasteiger partial charge in [0.2, 0.25) is 5.95 Å². The second-order valence-electron chi connectivity index (χ2n) is 13.8. The number of carboxylic acid groups (broad SMARTS) is 1. The third-order valence-electron chi connectivity index (χ3n) is 9.73. The lowest BCUT2D eigenvalue weighted by molar-refractivity contribution is 0.0694. The Hall–Kier alpha value is -8.52. The van der Waals surface area contributed by atoms with Crippen LogP contribution in [0.1, 0.15) is 31.8 Å². The van der Waals surface area contributed by atoms with E-state index >= 15 is 8.78 Å². The number of nitrogen functional groups attached to an aromatic ring is 2. The van der Waals surface area contributed by atoms with Crippen molar-refractivity contribution in [3.05, 3.63) is 186 Å². The van der Waals surface area contributed by atoms with Crippen LogP contribution >= 0.6 is 0 Å². The molecule has 8 rings (SSSR count). The number of nitrogens with zero attached hydrogens (tertiary/aromatic N) is 4. The van der Waals surface area contributed by atoms with Crippen molar-refractivity contribution in [2.45, 2.75) is 13.2 Å². The normalized spacial score (nSPS) is 10.9. The second-order valence-corrected chi connectivity index (χ2v) is 13.8. The van der Waals surface area contributed by atoms with Crippen molar-refractivity contribution in [1.29, 1.82) is 0 Å². The summed E-state index contributed by atoms with van der Waals surface area (Å²) < 4.78 is 49.6. The van der Waals surface area contributed by atoms with E-state index in [4.69, 9.17) is 25.7 Å². The Kier molecular flexibility index (Phi) is 11.5. The summed E-state index contributed by atoms with van der Waals surface area (Å²) in [5.41, 5.74) is 16.0. The first kappa shape index (κ1) is 40.3. The molecule has 0 unspecified atom stereocenters. The van der Waals surface area contributed by atoms with E-state index in [1.807, 2.05) is 18.2 Å². The molecule has 306 valence electrons. The standard InChI is InChI=1S/C48H34F2N6O6/c49-39-19-32(17-18-36(39)41-24-54-45(51)25-53-41)34-5-1-3-7-42(34)60-26-29-11-15-31(16-12-29)47(59)62-44-21-37(33-22-55-48(52)56-23-33)40(50)20-38(44)35-6-2-4-8-43(35)61-27-28-9-13-30(14-10-28)46(57)58/h1-25H,26-27H2,(H2,51,54)(H,57,58)(H2,52,55,56). The van der Waals surface area contributed by atoms with E-state index in [0.29, 0.717) is 45.0 Å². The van der Waals surface area contributed by atoms with Crippen molar-refractivity contribution in [3.63, 3.8) is 0 Å². The molecular weight excluding hydrogens is 795 g/mol. The van der Waals surface area contributed by atoms with Crippen LogP contribution in [0.25, 0.3) is 44.6 Å². The fourth-order valence-electron chi connectivity index (χ4n) is 6.52. The molecule has 0 radical (unpaired) electrons. The van der Waals surface area contributed by atoms with Crippen LogP contribution in [-0.4, -0.2) is 37.0 Å². The Morgan fingerprint density at radius 1 is 0.532 bits per heavy atom. The molecule has 14 heteroatoms. The Bertz CT molecular complexity index is 2910. The number of rotatable bonds is 13. The van der Waals surface area contributed by atoms with E-state index in [1.165, 1.54) is 55.1 Å². The number of benzene rings is 6. The number of carboxylic acids is 1. The maximum absolute atomic E-state index is 16.0. The molecule has 0 saturated carbocycles. The largest absolute Gasteiger partial charge is 0.488 e. The van der Waals surface area contributed by atoms with Crippen LogP contribution in [0.2, 0.25) is 0 Å². The molecule has 6 aromatic carbocycles. The highest BCUT2D eigenvalue weighted by molar-refractivity contribution is 5.93. The molecule has 62 heavy (non-hydrogen) atoms. The van der Waals surface area contributed by atoms with Crippen molar-refractivity contribution < 1.29 is 37.7 Å². The van der Waals surface area contributed by atoms with E-state index in [1.54, 1.807) is 78.9 Å². The van der Waals surface area contributed by atoms with E-state index in [0.717, 1.165) is 5.56 Å². The number of aromatic carboxylic acids is 1.